The topological polar surface area (TPSA) is 43.8 Å². The quantitative estimate of drug-likeness (QED) is 0.942. The van der Waals surface area contributed by atoms with Crippen LogP contribution in [0.25, 0.3) is 0 Å². The van der Waals surface area contributed by atoms with Gasteiger partial charge in [0.15, 0.2) is 0 Å². The highest BCUT2D eigenvalue weighted by atomic mass is 79.9. The van der Waals surface area contributed by atoms with Crippen LogP contribution in [0.5, 0.6) is 0 Å². The van der Waals surface area contributed by atoms with Crippen molar-refractivity contribution >= 4 is 27.3 Å². The summed E-state index contributed by atoms with van der Waals surface area (Å²) < 4.78 is 3.31. The molecule has 0 aromatic carbocycles. The second kappa shape index (κ2) is 4.47. The Morgan fingerprint density at radius 1 is 1.60 bits per heavy atom. The normalized spacial score (nSPS) is 10.9. The molecule has 0 saturated carbocycles. The first-order chi connectivity index (χ1) is 7.22. The summed E-state index contributed by atoms with van der Waals surface area (Å²) in [5, 5.41) is 2.08. The number of aryl methyl sites for hydroxylation is 1. The zero-order valence-electron chi connectivity index (χ0n) is 8.40. The molecular weight excluding hydrogens is 274 g/mol. The third kappa shape index (κ3) is 2.14. The van der Waals surface area contributed by atoms with Crippen LogP contribution in [0.3, 0.4) is 0 Å². The molecule has 0 spiro atoms. The van der Waals surface area contributed by atoms with Crippen LogP contribution in [0.1, 0.15) is 16.4 Å². The molecule has 0 bridgehead atoms. The van der Waals surface area contributed by atoms with Crippen LogP contribution in [0.4, 0.5) is 0 Å². The average Bonchev–Trinajstić information content (AvgIpc) is 2.77. The number of thiophene rings is 1. The molecule has 2 N–H and O–H groups in total. The number of rotatable bonds is 3. The van der Waals surface area contributed by atoms with Gasteiger partial charge in [0.05, 0.1) is 12.2 Å². The third-order valence-electron chi connectivity index (χ3n) is 2.34. The lowest BCUT2D eigenvalue weighted by molar-refractivity contribution is 0.720. The Kier molecular flexibility index (Phi) is 3.23. The van der Waals surface area contributed by atoms with Crippen LogP contribution in [0.2, 0.25) is 0 Å². The molecule has 0 aliphatic rings. The summed E-state index contributed by atoms with van der Waals surface area (Å²) in [4.78, 5) is 5.57. The molecule has 0 amide bonds. The Bertz CT molecular complexity index is 461. The van der Waals surface area contributed by atoms with E-state index >= 15 is 0 Å². The van der Waals surface area contributed by atoms with Gasteiger partial charge in [0, 0.05) is 22.1 Å². The van der Waals surface area contributed by atoms with Gasteiger partial charge in [-0.3, -0.25) is 0 Å². The molecule has 0 fully saturated rings. The van der Waals surface area contributed by atoms with Gasteiger partial charge in [0.1, 0.15) is 5.82 Å². The summed E-state index contributed by atoms with van der Waals surface area (Å²) >= 11 is 5.27. The van der Waals surface area contributed by atoms with E-state index in [1.54, 1.807) is 11.3 Å². The molecular formula is C10H12BrN3S. The zero-order chi connectivity index (χ0) is 10.8. The van der Waals surface area contributed by atoms with Crippen LogP contribution in [0, 0.1) is 6.92 Å². The Labute approximate surface area is 101 Å². The van der Waals surface area contributed by atoms with Crippen molar-refractivity contribution in [1.29, 1.82) is 0 Å². The summed E-state index contributed by atoms with van der Waals surface area (Å²) in [6.07, 6.45) is 1.84. The van der Waals surface area contributed by atoms with E-state index in [0.29, 0.717) is 6.54 Å². The maximum Gasteiger partial charge on any atom is 0.106 e. The highest BCUT2D eigenvalue weighted by Crippen LogP contribution is 2.24. The van der Waals surface area contributed by atoms with Gasteiger partial charge in [-0.15, -0.1) is 11.3 Å². The number of nitrogens with two attached hydrogens (primary N) is 1. The Morgan fingerprint density at radius 3 is 3.00 bits per heavy atom. The van der Waals surface area contributed by atoms with E-state index in [1.165, 1.54) is 4.88 Å². The van der Waals surface area contributed by atoms with Crippen molar-refractivity contribution < 1.29 is 0 Å². The van der Waals surface area contributed by atoms with Crippen LogP contribution in [0.15, 0.2) is 22.1 Å². The molecule has 3 nitrogen and oxygen atoms in total. The summed E-state index contributed by atoms with van der Waals surface area (Å²) in [6.45, 7) is 3.38. The lowest BCUT2D eigenvalue weighted by Crippen LogP contribution is -2.09. The number of imidazole rings is 1. The monoisotopic (exact) mass is 285 g/mol. The first-order valence-corrected chi connectivity index (χ1v) is 6.32. The fraction of sp³-hybridized carbons (Fsp3) is 0.300. The predicted octanol–water partition coefficient (Wildman–Crippen LogP) is 2.52. The van der Waals surface area contributed by atoms with Crippen molar-refractivity contribution in [3.8, 4) is 0 Å². The van der Waals surface area contributed by atoms with Gasteiger partial charge in [-0.2, -0.15) is 0 Å². The van der Waals surface area contributed by atoms with E-state index < -0.39 is 0 Å². The van der Waals surface area contributed by atoms with Crippen LogP contribution >= 0.6 is 27.3 Å². The molecule has 0 aliphatic heterocycles. The van der Waals surface area contributed by atoms with Crippen molar-refractivity contribution in [2.24, 2.45) is 5.73 Å². The van der Waals surface area contributed by atoms with E-state index in [0.717, 1.165) is 22.5 Å². The predicted molar refractivity (Wildman–Crippen MR) is 66.0 cm³/mol. The summed E-state index contributed by atoms with van der Waals surface area (Å²) in [6, 6.07) is 2.06. The molecule has 2 aromatic heterocycles. The number of halogens is 1. The summed E-state index contributed by atoms with van der Waals surface area (Å²) in [5.74, 6) is 1.01. The fourth-order valence-corrected chi connectivity index (χ4v) is 2.94. The van der Waals surface area contributed by atoms with Crippen LogP contribution < -0.4 is 5.73 Å². The van der Waals surface area contributed by atoms with Crippen molar-refractivity contribution in [1.82, 2.24) is 9.55 Å². The minimum absolute atomic E-state index is 0.532. The highest BCUT2D eigenvalue weighted by Gasteiger charge is 2.08. The molecule has 2 heterocycles. The van der Waals surface area contributed by atoms with Gasteiger partial charge >= 0.3 is 0 Å². The summed E-state index contributed by atoms with van der Waals surface area (Å²) in [7, 11) is 0. The standard InChI is InChI=1S/C10H12BrN3S/c1-7-13-5-8(4-12)14(7)6-10-9(11)2-3-15-10/h2-3,5H,4,6,12H2,1H3. The molecule has 0 radical (unpaired) electrons. The maximum absolute atomic E-state index is 5.66. The lowest BCUT2D eigenvalue weighted by Gasteiger charge is -2.07. The Hall–Kier alpha value is -0.650. The number of hydrogen-bond donors (Lipinski definition) is 1. The van der Waals surface area contributed by atoms with Gasteiger partial charge in [-0.25, -0.2) is 4.98 Å². The second-order valence-corrected chi connectivity index (χ2v) is 5.13. The molecule has 0 aliphatic carbocycles. The maximum atomic E-state index is 5.66. The molecule has 2 aromatic rings. The smallest absolute Gasteiger partial charge is 0.106 e. The Morgan fingerprint density at radius 2 is 2.40 bits per heavy atom. The van der Waals surface area contributed by atoms with Crippen molar-refractivity contribution in [3.05, 3.63) is 38.5 Å². The molecule has 0 saturated heterocycles. The zero-order valence-corrected chi connectivity index (χ0v) is 10.8. The first kappa shape index (κ1) is 10.9. The molecule has 0 atom stereocenters. The molecule has 80 valence electrons. The second-order valence-electron chi connectivity index (χ2n) is 3.28. The van der Waals surface area contributed by atoms with Gasteiger partial charge in [0.2, 0.25) is 0 Å². The van der Waals surface area contributed by atoms with Gasteiger partial charge < -0.3 is 10.3 Å². The van der Waals surface area contributed by atoms with Crippen molar-refractivity contribution in [2.75, 3.05) is 0 Å². The number of nitrogens with zero attached hydrogens (tertiary/aromatic N) is 2. The lowest BCUT2D eigenvalue weighted by atomic mass is 10.4. The summed E-state index contributed by atoms with van der Waals surface area (Å²) in [5.41, 5.74) is 6.74. The van der Waals surface area contributed by atoms with Crippen LogP contribution in [-0.2, 0) is 13.1 Å². The molecule has 15 heavy (non-hydrogen) atoms. The molecule has 0 unspecified atom stereocenters. The van der Waals surface area contributed by atoms with Gasteiger partial charge in [-0.1, -0.05) is 0 Å². The number of hydrogen-bond acceptors (Lipinski definition) is 3. The van der Waals surface area contributed by atoms with Crippen molar-refractivity contribution in [3.63, 3.8) is 0 Å². The van der Waals surface area contributed by atoms with Crippen molar-refractivity contribution in [2.45, 2.75) is 20.0 Å². The van der Waals surface area contributed by atoms with E-state index in [-0.39, 0.29) is 0 Å². The van der Waals surface area contributed by atoms with E-state index in [1.807, 2.05) is 13.1 Å². The minimum atomic E-state index is 0.532. The average molecular weight is 286 g/mol. The third-order valence-corrected chi connectivity index (χ3v) is 4.25. The van der Waals surface area contributed by atoms with E-state index in [2.05, 4.69) is 36.9 Å². The SMILES string of the molecule is Cc1ncc(CN)n1Cc1sccc1Br. The van der Waals surface area contributed by atoms with Gasteiger partial charge in [0.25, 0.3) is 0 Å². The largest absolute Gasteiger partial charge is 0.326 e. The number of aromatic nitrogens is 2. The van der Waals surface area contributed by atoms with Gasteiger partial charge in [-0.05, 0) is 34.3 Å². The van der Waals surface area contributed by atoms with E-state index in [9.17, 15) is 0 Å². The first-order valence-electron chi connectivity index (χ1n) is 4.65. The Balaban J connectivity index is 2.31. The molecule has 5 heteroatoms. The minimum Gasteiger partial charge on any atom is -0.326 e. The van der Waals surface area contributed by atoms with E-state index in [4.69, 9.17) is 5.73 Å². The highest BCUT2D eigenvalue weighted by molar-refractivity contribution is 9.10. The fourth-order valence-electron chi connectivity index (χ4n) is 1.48. The molecule has 2 rings (SSSR count). The van der Waals surface area contributed by atoms with Crippen LogP contribution in [-0.4, -0.2) is 9.55 Å².